The Morgan fingerprint density at radius 2 is 1.93 bits per heavy atom. The van der Waals surface area contributed by atoms with Gasteiger partial charge in [-0.15, -0.1) is 10.2 Å². The lowest BCUT2D eigenvalue weighted by molar-refractivity contribution is -0.157. The van der Waals surface area contributed by atoms with E-state index in [1.165, 1.54) is 4.57 Å². The average molecular weight is 386 g/mol. The van der Waals surface area contributed by atoms with Crippen LogP contribution in [0.3, 0.4) is 0 Å². The summed E-state index contributed by atoms with van der Waals surface area (Å²) in [6.45, 7) is 0.970. The monoisotopic (exact) mass is 386 g/mol. The second-order valence-corrected chi connectivity index (χ2v) is 6.67. The van der Waals surface area contributed by atoms with Crippen molar-refractivity contribution < 1.29 is 22.4 Å². The molecule has 0 saturated carbocycles. The van der Waals surface area contributed by atoms with E-state index in [4.69, 9.17) is 0 Å². The predicted octanol–water partition coefficient (Wildman–Crippen LogP) is 0.995. The quantitative estimate of drug-likeness (QED) is 0.780. The number of aromatic nitrogens is 5. The number of rotatable bonds is 3. The van der Waals surface area contributed by atoms with E-state index in [1.807, 2.05) is 0 Å². The topological polar surface area (TPSA) is 99.0 Å². The van der Waals surface area contributed by atoms with E-state index in [2.05, 4.69) is 19.7 Å². The van der Waals surface area contributed by atoms with Crippen molar-refractivity contribution in [3.05, 3.63) is 28.1 Å². The number of hydrogen-bond donors (Lipinski definition) is 0. The lowest BCUT2D eigenvalue weighted by Crippen LogP contribution is -2.41. The van der Waals surface area contributed by atoms with Crippen LogP contribution in [0, 0.1) is 0 Å². The van der Waals surface area contributed by atoms with E-state index >= 15 is 0 Å². The zero-order chi connectivity index (χ0) is 19.2. The first-order valence-electron chi connectivity index (χ1n) is 8.71. The molecule has 1 atom stereocenters. The number of fused-ring (bicyclic) bond motifs is 1. The molecule has 1 amide bonds. The summed E-state index contributed by atoms with van der Waals surface area (Å²) in [6, 6.07) is -0.624. The van der Waals surface area contributed by atoms with Crippen LogP contribution in [0.4, 0.5) is 13.2 Å². The molecule has 0 aromatic carbocycles. The molecule has 27 heavy (non-hydrogen) atoms. The predicted molar refractivity (Wildman–Crippen MR) is 82.7 cm³/mol. The van der Waals surface area contributed by atoms with E-state index in [0.717, 1.165) is 17.5 Å². The average Bonchev–Trinajstić information content (AvgIpc) is 3.35. The molecular formula is C15H17F3N6O3. The van der Waals surface area contributed by atoms with Gasteiger partial charge in [-0.05, 0) is 25.7 Å². The molecule has 4 rings (SSSR count). The number of amides is 1. The number of hydrogen-bond acceptors (Lipinski definition) is 6. The molecule has 2 aromatic heterocycles. The Morgan fingerprint density at radius 1 is 1.19 bits per heavy atom. The van der Waals surface area contributed by atoms with E-state index in [9.17, 15) is 22.8 Å². The molecule has 0 radical (unpaired) electrons. The Kier molecular flexibility index (Phi) is 4.27. The minimum atomic E-state index is -4.75. The Balaban J connectivity index is 1.61. The summed E-state index contributed by atoms with van der Waals surface area (Å²) >= 11 is 0. The van der Waals surface area contributed by atoms with E-state index < -0.39 is 23.8 Å². The number of carbonyl (C=O) groups excluding carboxylic acids is 1. The van der Waals surface area contributed by atoms with Gasteiger partial charge in [-0.1, -0.05) is 0 Å². The van der Waals surface area contributed by atoms with Crippen LogP contribution in [0.1, 0.15) is 49.3 Å². The zero-order valence-electron chi connectivity index (χ0n) is 14.3. The number of alkyl halides is 3. The highest BCUT2D eigenvalue weighted by Gasteiger charge is 2.38. The normalized spacial score (nSPS) is 20.1. The van der Waals surface area contributed by atoms with Crippen molar-refractivity contribution in [2.75, 3.05) is 13.1 Å². The number of carbonyl (C=O) groups is 1. The Bertz CT molecular complexity index is 909. The standard InChI is InChI=1S/C15H17F3N6O3/c16-15(17,18)13-20-19-11(27-13)8-23-14(26)24-9(4-3-5-10(24)21-23)12(25)22-6-1-2-7-22/h9H,1-8H2. The molecule has 0 spiro atoms. The number of nitrogens with zero attached hydrogens (tertiary/aromatic N) is 6. The van der Waals surface area contributed by atoms with Crippen LogP contribution in [0.5, 0.6) is 0 Å². The van der Waals surface area contributed by atoms with Crippen LogP contribution in [0.15, 0.2) is 9.21 Å². The van der Waals surface area contributed by atoms with Gasteiger partial charge in [-0.25, -0.2) is 9.48 Å². The zero-order valence-corrected chi connectivity index (χ0v) is 14.3. The molecule has 146 valence electrons. The van der Waals surface area contributed by atoms with Gasteiger partial charge < -0.3 is 9.32 Å². The molecule has 0 bridgehead atoms. The molecule has 1 fully saturated rings. The summed E-state index contributed by atoms with van der Waals surface area (Å²) in [5, 5.41) is 10.4. The molecule has 0 N–H and O–H groups in total. The van der Waals surface area contributed by atoms with E-state index in [0.29, 0.717) is 38.2 Å². The third-order valence-electron chi connectivity index (χ3n) is 4.83. The Morgan fingerprint density at radius 3 is 2.59 bits per heavy atom. The summed E-state index contributed by atoms with van der Waals surface area (Å²) in [7, 11) is 0. The van der Waals surface area contributed by atoms with Crippen LogP contribution in [0.2, 0.25) is 0 Å². The second kappa shape index (κ2) is 6.50. The van der Waals surface area contributed by atoms with Crippen molar-refractivity contribution in [3.8, 4) is 0 Å². The van der Waals surface area contributed by atoms with Gasteiger partial charge in [-0.3, -0.25) is 9.36 Å². The molecule has 9 nitrogen and oxygen atoms in total. The molecule has 12 heteroatoms. The Hall–Kier alpha value is -2.66. The SMILES string of the molecule is O=C(C1CCCc2nn(Cc3nnc(C(F)(F)F)o3)c(=O)n21)N1CCCC1. The fourth-order valence-electron chi connectivity index (χ4n) is 3.58. The van der Waals surface area contributed by atoms with Gasteiger partial charge in [0.05, 0.1) is 0 Å². The van der Waals surface area contributed by atoms with Gasteiger partial charge in [0.1, 0.15) is 18.4 Å². The fraction of sp³-hybridized carbons (Fsp3) is 0.667. The van der Waals surface area contributed by atoms with Gasteiger partial charge in [-0.2, -0.15) is 18.3 Å². The van der Waals surface area contributed by atoms with Crippen LogP contribution in [0.25, 0.3) is 0 Å². The number of likely N-dealkylation sites (tertiary alicyclic amines) is 1. The van der Waals surface area contributed by atoms with Gasteiger partial charge in [0, 0.05) is 19.5 Å². The van der Waals surface area contributed by atoms with Gasteiger partial charge >= 0.3 is 17.8 Å². The second-order valence-electron chi connectivity index (χ2n) is 6.67. The summed E-state index contributed by atoms with van der Waals surface area (Å²) in [5.74, 6) is -1.51. The molecule has 2 aliphatic heterocycles. The first kappa shape index (κ1) is 17.7. The third-order valence-corrected chi connectivity index (χ3v) is 4.83. The number of aryl methyl sites for hydroxylation is 1. The summed E-state index contributed by atoms with van der Waals surface area (Å²) in [6.07, 6.45) is -1.11. The molecule has 0 aliphatic carbocycles. The molecular weight excluding hydrogens is 369 g/mol. The smallest absolute Gasteiger partial charge is 0.415 e. The van der Waals surface area contributed by atoms with Crippen LogP contribution in [-0.2, 0) is 23.9 Å². The first-order valence-corrected chi connectivity index (χ1v) is 8.71. The first-order chi connectivity index (χ1) is 12.8. The van der Waals surface area contributed by atoms with Gasteiger partial charge in [0.15, 0.2) is 0 Å². The maximum Gasteiger partial charge on any atom is 0.470 e. The van der Waals surface area contributed by atoms with Crippen molar-refractivity contribution in [2.24, 2.45) is 0 Å². The van der Waals surface area contributed by atoms with Crippen LogP contribution >= 0.6 is 0 Å². The largest absolute Gasteiger partial charge is 0.470 e. The summed E-state index contributed by atoms with van der Waals surface area (Å²) in [5.41, 5.74) is -0.561. The molecule has 1 saturated heterocycles. The van der Waals surface area contributed by atoms with Crippen molar-refractivity contribution in [1.29, 1.82) is 0 Å². The molecule has 2 aliphatic rings. The maximum atomic E-state index is 12.8. The highest BCUT2D eigenvalue weighted by Crippen LogP contribution is 2.28. The van der Waals surface area contributed by atoms with Crippen molar-refractivity contribution in [1.82, 2.24) is 29.4 Å². The van der Waals surface area contributed by atoms with Crippen LogP contribution < -0.4 is 5.69 Å². The fourth-order valence-corrected chi connectivity index (χ4v) is 3.58. The molecule has 4 heterocycles. The lowest BCUT2D eigenvalue weighted by atomic mass is 10.0. The molecule has 2 aromatic rings. The van der Waals surface area contributed by atoms with Crippen molar-refractivity contribution in [3.63, 3.8) is 0 Å². The highest BCUT2D eigenvalue weighted by atomic mass is 19.4. The minimum Gasteiger partial charge on any atom is -0.415 e. The van der Waals surface area contributed by atoms with E-state index in [-0.39, 0.29) is 18.3 Å². The maximum absolute atomic E-state index is 12.8. The van der Waals surface area contributed by atoms with Crippen molar-refractivity contribution >= 4 is 5.91 Å². The summed E-state index contributed by atoms with van der Waals surface area (Å²) in [4.78, 5) is 27.2. The lowest BCUT2D eigenvalue weighted by Gasteiger charge is -2.27. The minimum absolute atomic E-state index is 0.104. The van der Waals surface area contributed by atoms with Gasteiger partial charge in [0.2, 0.25) is 11.8 Å². The van der Waals surface area contributed by atoms with Crippen LogP contribution in [-0.4, -0.2) is 48.4 Å². The highest BCUT2D eigenvalue weighted by molar-refractivity contribution is 5.80. The summed E-state index contributed by atoms with van der Waals surface area (Å²) < 4.78 is 44.6. The van der Waals surface area contributed by atoms with Crippen molar-refractivity contribution in [2.45, 2.75) is 50.9 Å². The van der Waals surface area contributed by atoms with E-state index in [1.54, 1.807) is 4.90 Å². The van der Waals surface area contributed by atoms with Gasteiger partial charge in [0.25, 0.3) is 0 Å². The number of halogens is 3. The molecule has 1 unspecified atom stereocenters. The third kappa shape index (κ3) is 3.23. The Labute approximate surface area is 150 Å².